The Kier molecular flexibility index (Phi) is 17.5. The SMILES string of the molecule is CC(CC1=CC(=O)C=CC1=O)NS(=O)(=O)c1ccc2c3[nH]c(c2c1)Nc1[nH]c(c2cc(S(=O)(=O)NC(C)Cc4cc(O)ccc4O)ccc12)Nc1[nH]c(c2cc(S(=O)(=O)NC(C)CC4=CC(=O)C=CC4=O)ccc12)Nc1[nH]c(c2c(S(=O)(=O)NC(C)CC4=CC(=O)C=CC4=O)cccc12)N3. The maximum absolute atomic E-state index is 15.0. The van der Waals surface area contributed by atoms with Crippen molar-refractivity contribution >= 4 is 164 Å². The molecule has 0 amide bonds. The lowest BCUT2D eigenvalue weighted by Crippen LogP contribution is -2.34. The Morgan fingerprint density at radius 1 is 0.360 bits per heavy atom. The summed E-state index contributed by atoms with van der Waals surface area (Å²) in [7, 11) is -17.9. The number of phenolic OH excluding ortho intramolecular Hbond substituents is 2. The van der Waals surface area contributed by atoms with Crippen LogP contribution in [0.15, 0.2) is 182 Å². The number of H-pyrrole nitrogens is 4. The third-order valence-corrected chi connectivity index (χ3v) is 23.4. The molecule has 5 heterocycles. The highest BCUT2D eigenvalue weighted by atomic mass is 32.2. The zero-order chi connectivity index (χ0) is 71.1. The summed E-state index contributed by atoms with van der Waals surface area (Å²) in [4.78, 5) is 87.3. The van der Waals surface area contributed by atoms with Gasteiger partial charge in [0.1, 0.15) is 58.0 Å². The molecule has 9 aromatic rings. The van der Waals surface area contributed by atoms with E-state index in [0.29, 0.717) is 16.2 Å². The van der Waals surface area contributed by atoms with Gasteiger partial charge in [0.15, 0.2) is 34.7 Å². The fraction of sp³-hybridized carbons (Fsp3) is 0.176. The van der Waals surface area contributed by atoms with Gasteiger partial charge in [-0.2, -0.15) is 0 Å². The molecule has 0 fully saturated rings. The number of ketones is 6. The standard InChI is InChI=1S/C68H62N12O16S4/c1-33(22-37-26-41(81)8-18-55(37)85)77-97(89,90)45-12-15-48-52(30-45)65-69-61(48)71-66-54-32-47(99(93,94)79-35(3)24-39-28-43(83)10-20-57(39)87)14-17-50(54)63(73-66)75-68-60-51(6-5-7-59(60)100(95,96)80-36(4)25-40-29-44(84)11-21-58(40)88)64(76-68)74-67-53-31-46(13-16-49(53)62(70-65)72-67)98(91,92)78-34(2)23-38-27-42(82)9-19-56(38)86/h5-21,26-36,69-81,85H,22-25H2,1-4H3. The molecule has 5 aromatic carbocycles. The predicted octanol–water partition coefficient (Wildman–Crippen LogP) is 8.29. The highest BCUT2D eigenvalue weighted by molar-refractivity contribution is 7.90. The van der Waals surface area contributed by atoms with Gasteiger partial charge < -0.3 is 51.4 Å². The number of hydrogen-bond donors (Lipinski definition) is 14. The van der Waals surface area contributed by atoms with Gasteiger partial charge in [0.25, 0.3) is 0 Å². The van der Waals surface area contributed by atoms with Crippen LogP contribution in [-0.4, -0.2) is 123 Å². The summed E-state index contributed by atoms with van der Waals surface area (Å²) >= 11 is 0. The largest absolute Gasteiger partial charge is 0.508 e. The maximum atomic E-state index is 15.0. The summed E-state index contributed by atoms with van der Waals surface area (Å²) < 4.78 is 127. The molecule has 4 aromatic heterocycles. The second kappa shape index (κ2) is 25.8. The second-order valence-corrected chi connectivity index (χ2v) is 31.7. The molecule has 514 valence electrons. The number of allylic oxidation sites excluding steroid dienone is 9. The lowest BCUT2D eigenvalue weighted by molar-refractivity contribution is -0.114. The van der Waals surface area contributed by atoms with Crippen molar-refractivity contribution in [1.29, 1.82) is 0 Å². The number of aromatic amines is 4. The first-order chi connectivity index (χ1) is 47.3. The monoisotopic (exact) mass is 1430 g/mol. The summed E-state index contributed by atoms with van der Waals surface area (Å²) in [5, 5.41) is 36.0. The molecule has 0 spiro atoms. The number of aromatic nitrogens is 4. The molecule has 4 unspecified atom stereocenters. The number of carbonyl (C=O) groups is 6. The normalized spacial score (nSPS) is 16.5. The minimum Gasteiger partial charge on any atom is -0.508 e. The number of phenols is 2. The van der Waals surface area contributed by atoms with Crippen LogP contribution in [-0.2, 0) is 75.3 Å². The molecule has 32 heteroatoms. The van der Waals surface area contributed by atoms with Crippen LogP contribution in [0, 0.1) is 0 Å². The van der Waals surface area contributed by atoms with Gasteiger partial charge in [-0.15, -0.1) is 0 Å². The summed E-state index contributed by atoms with van der Waals surface area (Å²) in [6.45, 7) is 6.16. The molecule has 0 radical (unpaired) electrons. The minimum atomic E-state index is -4.60. The van der Waals surface area contributed by atoms with Crippen LogP contribution >= 0.6 is 0 Å². The Morgan fingerprint density at radius 3 is 1.10 bits per heavy atom. The van der Waals surface area contributed by atoms with E-state index in [9.17, 15) is 72.7 Å². The Balaban J connectivity index is 0.967. The first-order valence-electron chi connectivity index (χ1n) is 31.1. The van der Waals surface area contributed by atoms with Gasteiger partial charge in [-0.05, 0) is 192 Å². The highest BCUT2D eigenvalue weighted by Crippen LogP contribution is 2.45. The van der Waals surface area contributed by atoms with Crippen LogP contribution in [0.2, 0.25) is 0 Å². The van der Waals surface area contributed by atoms with Gasteiger partial charge in [-0.1, -0.05) is 12.1 Å². The molecular formula is C68H62N12O16S4. The number of hydrogen-bond acceptors (Lipinski definition) is 20. The zero-order valence-electron chi connectivity index (χ0n) is 53.2. The minimum absolute atomic E-state index is 0.0170. The molecule has 13 rings (SSSR count). The van der Waals surface area contributed by atoms with Crippen molar-refractivity contribution in [3.8, 4) is 11.5 Å². The maximum Gasteiger partial charge on any atom is 0.241 e. The number of aromatic hydroxyl groups is 2. The van der Waals surface area contributed by atoms with Gasteiger partial charge >= 0.3 is 0 Å². The van der Waals surface area contributed by atoms with E-state index in [1.807, 2.05) is 0 Å². The van der Waals surface area contributed by atoms with Crippen molar-refractivity contribution in [2.45, 2.75) is 97.1 Å². The van der Waals surface area contributed by atoms with Gasteiger partial charge in [0, 0.05) is 84.0 Å². The van der Waals surface area contributed by atoms with Crippen molar-refractivity contribution in [2.24, 2.45) is 0 Å². The van der Waals surface area contributed by atoms with Crippen molar-refractivity contribution in [3.63, 3.8) is 0 Å². The van der Waals surface area contributed by atoms with Crippen molar-refractivity contribution in [3.05, 3.63) is 168 Å². The number of nitrogens with one attached hydrogen (secondary N) is 12. The smallest absolute Gasteiger partial charge is 0.241 e. The summed E-state index contributed by atoms with van der Waals surface area (Å²) in [6, 6.07) is 17.3. The highest BCUT2D eigenvalue weighted by Gasteiger charge is 2.32. The van der Waals surface area contributed by atoms with Crippen molar-refractivity contribution in [2.75, 3.05) is 21.3 Å². The van der Waals surface area contributed by atoms with E-state index in [-0.39, 0.29) is 153 Å². The van der Waals surface area contributed by atoms with Crippen LogP contribution in [0.4, 0.5) is 46.5 Å². The van der Waals surface area contributed by atoms with Crippen LogP contribution in [0.25, 0.3) is 43.1 Å². The van der Waals surface area contributed by atoms with Gasteiger partial charge in [-0.3, -0.25) is 28.8 Å². The molecule has 4 aliphatic rings. The fourth-order valence-electron chi connectivity index (χ4n) is 12.6. The molecule has 0 saturated carbocycles. The fourth-order valence-corrected chi connectivity index (χ4v) is 17.9. The quantitative estimate of drug-likeness (QED) is 0.0252. The average molecular weight is 1430 g/mol. The van der Waals surface area contributed by atoms with Crippen molar-refractivity contribution < 1.29 is 72.7 Å². The Morgan fingerprint density at radius 2 is 0.700 bits per heavy atom. The van der Waals surface area contributed by atoms with E-state index in [4.69, 9.17) is 0 Å². The molecule has 0 saturated heterocycles. The number of anilines is 8. The van der Waals surface area contributed by atoms with Crippen LogP contribution in [0.3, 0.4) is 0 Å². The van der Waals surface area contributed by atoms with Gasteiger partial charge in [0.2, 0.25) is 40.1 Å². The molecule has 4 atom stereocenters. The number of sulfonamides is 4. The van der Waals surface area contributed by atoms with E-state index in [1.165, 1.54) is 106 Å². The van der Waals surface area contributed by atoms with E-state index < -0.39 is 99.0 Å². The first-order valence-corrected chi connectivity index (χ1v) is 37.0. The number of fused-ring (bicyclic) bond motifs is 20. The van der Waals surface area contributed by atoms with Crippen LogP contribution in [0.1, 0.15) is 52.5 Å². The third kappa shape index (κ3) is 13.6. The van der Waals surface area contributed by atoms with E-state index in [0.717, 1.165) is 54.7 Å². The number of carbonyl (C=O) groups excluding carboxylic acids is 6. The summed E-state index contributed by atoms with van der Waals surface area (Å²) in [5.74, 6) is -2.02. The average Bonchev–Trinajstić information content (AvgIpc) is 1.58. The Labute approximate surface area is 570 Å². The number of benzene rings is 5. The van der Waals surface area contributed by atoms with Crippen molar-refractivity contribution in [1.82, 2.24) is 38.8 Å². The molecule has 3 aliphatic carbocycles. The molecule has 28 nitrogen and oxygen atoms in total. The van der Waals surface area contributed by atoms with Crippen LogP contribution < -0.4 is 40.2 Å². The molecule has 8 bridgehead atoms. The third-order valence-electron chi connectivity index (χ3n) is 17.0. The molecule has 100 heavy (non-hydrogen) atoms. The van der Waals surface area contributed by atoms with Gasteiger partial charge in [-0.25, -0.2) is 52.6 Å². The van der Waals surface area contributed by atoms with E-state index >= 15 is 0 Å². The second-order valence-electron chi connectivity index (χ2n) is 24.8. The van der Waals surface area contributed by atoms with E-state index in [2.05, 4.69) is 60.1 Å². The summed E-state index contributed by atoms with van der Waals surface area (Å²) in [6.07, 6.45) is 9.66. The molecule has 14 N–H and O–H groups in total. The Bertz CT molecular complexity index is 5670. The number of rotatable bonds is 20. The topological polar surface area (TPSA) is 439 Å². The first kappa shape index (κ1) is 67.7. The lowest BCUT2D eigenvalue weighted by Gasteiger charge is -2.17. The summed E-state index contributed by atoms with van der Waals surface area (Å²) in [5.41, 5.74) is 0.551. The lowest BCUT2D eigenvalue weighted by atomic mass is 9.98. The zero-order valence-corrected chi connectivity index (χ0v) is 56.5. The van der Waals surface area contributed by atoms with Gasteiger partial charge in [0.05, 0.1) is 19.6 Å². The van der Waals surface area contributed by atoms with E-state index in [1.54, 1.807) is 13.0 Å². The Hall–Kier alpha value is -10.8. The molecule has 1 aliphatic heterocycles. The predicted molar refractivity (Wildman–Crippen MR) is 374 cm³/mol. The van der Waals surface area contributed by atoms with Crippen LogP contribution in [0.5, 0.6) is 11.5 Å². The molecular weight excluding hydrogens is 1370 g/mol.